The van der Waals surface area contributed by atoms with Crippen LogP contribution in [0.25, 0.3) is 0 Å². The van der Waals surface area contributed by atoms with E-state index < -0.39 is 5.54 Å². The molecule has 0 fully saturated rings. The molecular formula is C18H22BrNO. The molecule has 0 amide bonds. The molecule has 0 aromatic heterocycles. The number of nitrogens with one attached hydrogen (secondary N) is 1. The Morgan fingerprint density at radius 3 is 2.33 bits per heavy atom. The van der Waals surface area contributed by atoms with Crippen molar-refractivity contribution < 1.29 is 5.11 Å². The smallest absolute Gasteiger partial charge is 0.0828 e. The highest BCUT2D eigenvalue weighted by molar-refractivity contribution is 9.10. The highest BCUT2D eigenvalue weighted by Gasteiger charge is 2.25. The van der Waals surface area contributed by atoms with Gasteiger partial charge in [-0.05, 0) is 42.2 Å². The van der Waals surface area contributed by atoms with Crippen molar-refractivity contribution in [1.29, 1.82) is 0 Å². The van der Waals surface area contributed by atoms with Crippen LogP contribution in [-0.4, -0.2) is 11.7 Å². The summed E-state index contributed by atoms with van der Waals surface area (Å²) in [7, 11) is 0. The van der Waals surface area contributed by atoms with Gasteiger partial charge in [0.15, 0.2) is 0 Å². The van der Waals surface area contributed by atoms with Crippen LogP contribution in [0.15, 0.2) is 53.0 Å². The largest absolute Gasteiger partial charge is 0.394 e. The predicted octanol–water partition coefficient (Wildman–Crippen LogP) is 4.89. The monoisotopic (exact) mass is 347 g/mol. The molecule has 2 N–H and O–H groups in total. The summed E-state index contributed by atoms with van der Waals surface area (Å²) in [6.07, 6.45) is 0. The molecule has 112 valence electrons. The number of halogens is 1. The second-order valence-electron chi connectivity index (χ2n) is 5.90. The molecule has 0 radical (unpaired) electrons. The lowest BCUT2D eigenvalue weighted by molar-refractivity contribution is 0.224. The minimum absolute atomic E-state index is 0.0283. The van der Waals surface area contributed by atoms with Gasteiger partial charge in [0, 0.05) is 10.2 Å². The lowest BCUT2D eigenvalue weighted by atomic mass is 9.90. The van der Waals surface area contributed by atoms with E-state index in [1.54, 1.807) is 0 Å². The highest BCUT2D eigenvalue weighted by atomic mass is 79.9. The van der Waals surface area contributed by atoms with Crippen molar-refractivity contribution in [3.05, 3.63) is 64.1 Å². The quantitative estimate of drug-likeness (QED) is 0.806. The molecule has 3 heteroatoms. The molecule has 2 aromatic rings. The summed E-state index contributed by atoms with van der Waals surface area (Å²) in [4.78, 5) is 0. The summed E-state index contributed by atoms with van der Waals surface area (Å²) >= 11 is 3.47. The van der Waals surface area contributed by atoms with E-state index in [-0.39, 0.29) is 6.61 Å². The van der Waals surface area contributed by atoms with Crippen LogP contribution >= 0.6 is 15.9 Å². The minimum Gasteiger partial charge on any atom is -0.394 e. The van der Waals surface area contributed by atoms with E-state index in [2.05, 4.69) is 59.4 Å². The van der Waals surface area contributed by atoms with Crippen molar-refractivity contribution in [1.82, 2.24) is 0 Å². The molecule has 1 unspecified atom stereocenters. The Morgan fingerprint density at radius 1 is 1.14 bits per heavy atom. The van der Waals surface area contributed by atoms with Crippen LogP contribution in [0.3, 0.4) is 0 Å². The number of benzene rings is 2. The zero-order valence-electron chi connectivity index (χ0n) is 12.7. The Kier molecular flexibility index (Phi) is 5.07. The van der Waals surface area contributed by atoms with Crippen molar-refractivity contribution >= 4 is 21.6 Å². The first-order valence-electron chi connectivity index (χ1n) is 7.19. The molecule has 0 aliphatic heterocycles. The first-order valence-corrected chi connectivity index (χ1v) is 7.99. The molecule has 0 heterocycles. The normalized spacial score (nSPS) is 14.0. The molecule has 0 aliphatic rings. The fourth-order valence-corrected chi connectivity index (χ4v) is 2.72. The van der Waals surface area contributed by atoms with Gasteiger partial charge in [0.1, 0.15) is 0 Å². The summed E-state index contributed by atoms with van der Waals surface area (Å²) in [6.45, 7) is 6.40. The summed E-state index contributed by atoms with van der Waals surface area (Å²) < 4.78 is 1.02. The zero-order valence-corrected chi connectivity index (χ0v) is 14.3. The topological polar surface area (TPSA) is 32.3 Å². The van der Waals surface area contributed by atoms with Gasteiger partial charge >= 0.3 is 0 Å². The van der Waals surface area contributed by atoms with Crippen molar-refractivity contribution in [2.45, 2.75) is 32.2 Å². The van der Waals surface area contributed by atoms with Gasteiger partial charge in [0.25, 0.3) is 0 Å². The van der Waals surface area contributed by atoms with Crippen LogP contribution in [0, 0.1) is 0 Å². The van der Waals surface area contributed by atoms with Gasteiger partial charge in [-0.25, -0.2) is 0 Å². The van der Waals surface area contributed by atoms with E-state index in [0.29, 0.717) is 5.92 Å². The average Bonchev–Trinajstić information content (AvgIpc) is 2.47. The van der Waals surface area contributed by atoms with E-state index in [9.17, 15) is 5.11 Å². The Labute approximate surface area is 135 Å². The second kappa shape index (κ2) is 6.63. The third-order valence-electron chi connectivity index (χ3n) is 3.78. The lowest BCUT2D eigenvalue weighted by Crippen LogP contribution is -2.35. The van der Waals surface area contributed by atoms with Gasteiger partial charge in [0.05, 0.1) is 12.1 Å². The van der Waals surface area contributed by atoms with Gasteiger partial charge in [-0.15, -0.1) is 0 Å². The van der Waals surface area contributed by atoms with Crippen molar-refractivity contribution in [3.8, 4) is 0 Å². The average molecular weight is 348 g/mol. The van der Waals surface area contributed by atoms with Crippen LogP contribution in [-0.2, 0) is 5.54 Å². The number of aliphatic hydroxyl groups excluding tert-OH is 1. The van der Waals surface area contributed by atoms with Crippen LogP contribution in [0.1, 0.15) is 37.8 Å². The number of anilines is 1. The van der Waals surface area contributed by atoms with E-state index in [4.69, 9.17) is 0 Å². The number of hydrogen-bond acceptors (Lipinski definition) is 2. The van der Waals surface area contributed by atoms with Gasteiger partial charge in [-0.1, -0.05) is 60.1 Å². The van der Waals surface area contributed by atoms with Crippen molar-refractivity contribution in [2.24, 2.45) is 0 Å². The third-order valence-corrected chi connectivity index (χ3v) is 4.27. The first kappa shape index (κ1) is 16.1. The fourth-order valence-electron chi connectivity index (χ4n) is 2.32. The molecule has 0 spiro atoms. The van der Waals surface area contributed by atoms with Crippen molar-refractivity contribution in [2.75, 3.05) is 11.9 Å². The predicted molar refractivity (Wildman–Crippen MR) is 92.7 cm³/mol. The SMILES string of the molecule is CC(C)c1ccc(C(C)(CO)Nc2cccc(Br)c2)cc1. The fraction of sp³-hybridized carbons (Fsp3) is 0.333. The standard InChI is InChI=1S/C18H22BrNO/c1-13(2)14-7-9-15(10-8-14)18(3,12-21)20-17-6-4-5-16(19)11-17/h4-11,13,20-21H,12H2,1-3H3. The Morgan fingerprint density at radius 2 is 1.81 bits per heavy atom. The molecule has 1 atom stereocenters. The maximum atomic E-state index is 9.87. The molecular weight excluding hydrogens is 326 g/mol. The first-order chi connectivity index (χ1) is 9.94. The van der Waals surface area contributed by atoms with Gasteiger partial charge < -0.3 is 10.4 Å². The summed E-state index contributed by atoms with van der Waals surface area (Å²) in [5.41, 5.74) is 2.86. The molecule has 2 rings (SSSR count). The van der Waals surface area contributed by atoms with E-state index >= 15 is 0 Å². The Hall–Kier alpha value is -1.32. The summed E-state index contributed by atoms with van der Waals surface area (Å²) in [5, 5.41) is 13.3. The van der Waals surface area contributed by atoms with E-state index in [1.807, 2.05) is 31.2 Å². The number of aliphatic hydroxyl groups is 1. The van der Waals surface area contributed by atoms with Crippen LogP contribution in [0.2, 0.25) is 0 Å². The summed E-state index contributed by atoms with van der Waals surface area (Å²) in [5.74, 6) is 0.512. The van der Waals surface area contributed by atoms with E-state index in [1.165, 1.54) is 5.56 Å². The second-order valence-corrected chi connectivity index (χ2v) is 6.82. The Bertz CT molecular complexity index is 594. The lowest BCUT2D eigenvalue weighted by Gasteiger charge is -2.31. The molecule has 0 aliphatic carbocycles. The van der Waals surface area contributed by atoms with Gasteiger partial charge in [-0.3, -0.25) is 0 Å². The minimum atomic E-state index is -0.504. The number of rotatable bonds is 5. The molecule has 0 saturated carbocycles. The van der Waals surface area contributed by atoms with Crippen LogP contribution in [0.4, 0.5) is 5.69 Å². The number of hydrogen-bond donors (Lipinski definition) is 2. The highest BCUT2D eigenvalue weighted by Crippen LogP contribution is 2.28. The van der Waals surface area contributed by atoms with Crippen molar-refractivity contribution in [3.63, 3.8) is 0 Å². The zero-order chi connectivity index (χ0) is 15.5. The van der Waals surface area contributed by atoms with E-state index in [0.717, 1.165) is 15.7 Å². The molecule has 21 heavy (non-hydrogen) atoms. The molecule has 0 saturated heterocycles. The summed E-state index contributed by atoms with van der Waals surface area (Å²) in [6, 6.07) is 16.4. The maximum Gasteiger partial charge on any atom is 0.0828 e. The van der Waals surface area contributed by atoms with Gasteiger partial charge in [-0.2, -0.15) is 0 Å². The molecule has 2 nitrogen and oxygen atoms in total. The third kappa shape index (κ3) is 3.86. The molecule has 2 aromatic carbocycles. The van der Waals surface area contributed by atoms with Gasteiger partial charge in [0.2, 0.25) is 0 Å². The Balaban J connectivity index is 2.27. The van der Waals surface area contributed by atoms with Crippen LogP contribution in [0.5, 0.6) is 0 Å². The van der Waals surface area contributed by atoms with Crippen LogP contribution < -0.4 is 5.32 Å². The molecule has 0 bridgehead atoms. The maximum absolute atomic E-state index is 9.87.